The van der Waals surface area contributed by atoms with Gasteiger partial charge in [-0.2, -0.15) is 0 Å². The van der Waals surface area contributed by atoms with E-state index in [0.29, 0.717) is 0 Å². The van der Waals surface area contributed by atoms with Gasteiger partial charge in [-0.05, 0) is 0 Å². The second-order valence-electron chi connectivity index (χ2n) is 2.53. The van der Waals surface area contributed by atoms with Crippen molar-refractivity contribution in [1.29, 1.82) is 0 Å². The first-order valence-electron chi connectivity index (χ1n) is 4.09. The van der Waals surface area contributed by atoms with Crippen molar-refractivity contribution in [3.8, 4) is 0 Å². The van der Waals surface area contributed by atoms with Crippen LogP contribution in [0.1, 0.15) is 20.8 Å². The molecule has 0 atom stereocenters. The van der Waals surface area contributed by atoms with Gasteiger partial charge < -0.3 is 29.7 Å². The molecule has 0 unspecified atom stereocenters. The molecule has 0 saturated carbocycles. The number of hydrogen-bond acceptors (Lipinski definition) is 9. The van der Waals surface area contributed by atoms with E-state index in [1.807, 2.05) is 0 Å². The Hall–Kier alpha value is 0.316. The molecule has 0 saturated heterocycles. The minimum Gasteiger partial charge on any atom is -0.542 e. The Morgan fingerprint density at radius 3 is 0.600 bits per heavy atom. The fraction of sp³-hybridized carbons (Fsp3) is 0.333. The van der Waals surface area contributed by atoms with E-state index >= 15 is 0 Å². The fourth-order valence-corrected chi connectivity index (χ4v) is 0. The molecule has 0 bridgehead atoms. The number of hydrogen-bond donors (Lipinski definition) is 0. The molecule has 20 heavy (non-hydrogen) atoms. The molecule has 0 aliphatic rings. The molecule has 9 nitrogen and oxygen atoms in total. The summed E-state index contributed by atoms with van der Waals surface area (Å²) in [5.41, 5.74) is 0. The molecule has 0 fully saturated rings. The van der Waals surface area contributed by atoms with Crippen LogP contribution in [0.3, 0.4) is 0 Å². The van der Waals surface area contributed by atoms with Crippen molar-refractivity contribution < 1.29 is 95.5 Å². The van der Waals surface area contributed by atoms with Crippen molar-refractivity contribution >= 4 is 73.0 Å². The van der Waals surface area contributed by atoms with Gasteiger partial charge in [-0.25, -0.2) is 0 Å². The monoisotopic (exact) mass is 340 g/mol. The number of ketones is 3. The number of Topliss-reactive ketones (excluding diaryl/α,β-unsaturated/α-hetero) is 3. The Balaban J connectivity index is -0.0000000536. The van der Waals surface area contributed by atoms with E-state index in [9.17, 15) is 44.1 Å². The average molecular weight is 340 g/mol. The Morgan fingerprint density at radius 2 is 0.600 bits per heavy atom. The summed E-state index contributed by atoms with van der Waals surface area (Å²) in [6, 6.07) is 0. The van der Waals surface area contributed by atoms with Crippen LogP contribution in [0.25, 0.3) is 0 Å². The van der Waals surface area contributed by atoms with Gasteiger partial charge in [-0.1, -0.05) is 0 Å². The Kier molecular flexibility index (Phi) is 31.2. The molecule has 0 rings (SSSR count). The summed E-state index contributed by atoms with van der Waals surface area (Å²) in [7, 11) is 0. The molecule has 0 aliphatic carbocycles. The van der Waals surface area contributed by atoms with Crippen molar-refractivity contribution in [2.75, 3.05) is 0 Å². The third-order valence-corrected chi connectivity index (χ3v) is 0.862. The molecule has 0 heterocycles. The molecule has 102 valence electrons. The smallest absolute Gasteiger partial charge is 0.542 e. The molecule has 0 aromatic rings. The fourth-order valence-electron chi connectivity index (χ4n) is 0. The van der Waals surface area contributed by atoms with Crippen LogP contribution in [0, 0.1) is 0 Å². The average Bonchev–Trinajstić information content (AvgIpc) is 2.18. The molecule has 0 aromatic carbocycles. The Morgan fingerprint density at radius 1 is 0.550 bits per heavy atom. The SMILES string of the molecule is CC(=O)C(=O)[O-].CC(=O)C(=O)[O-].CC(=O)C(=O)[O-].[Ca+2].[K+]. The largest absolute Gasteiger partial charge is 2.00 e. The van der Waals surface area contributed by atoms with Gasteiger partial charge in [-0.15, -0.1) is 0 Å². The zero-order valence-corrected chi connectivity index (χ0v) is 16.7. The first-order chi connectivity index (χ1) is 7.93. The van der Waals surface area contributed by atoms with Crippen LogP contribution in [0.2, 0.25) is 0 Å². The standard InChI is InChI=1S/3C3H4O3.Ca.K/c3*1-2(4)3(5)6;;/h3*1H3,(H,5,6);;/q;;;+2;+1/p-3. The van der Waals surface area contributed by atoms with E-state index in [2.05, 4.69) is 0 Å². The normalized spacial score (nSPS) is 6.75. The predicted molar refractivity (Wildman–Crippen MR) is 52.8 cm³/mol. The Labute approximate surface area is 186 Å². The number of aliphatic carboxylic acids is 3. The minimum atomic E-state index is -1.63. The van der Waals surface area contributed by atoms with Crippen LogP contribution >= 0.6 is 0 Å². The predicted octanol–water partition coefficient (Wildman–Crippen LogP) is -8.40. The third-order valence-electron chi connectivity index (χ3n) is 0.862. The maximum atomic E-state index is 9.48. The number of carboxylic acids is 3. The number of carbonyl (C=O) groups is 6. The van der Waals surface area contributed by atoms with E-state index in [0.717, 1.165) is 20.8 Å². The summed E-state index contributed by atoms with van der Waals surface area (Å²) in [5, 5.41) is 27.7. The van der Waals surface area contributed by atoms with E-state index in [1.54, 1.807) is 0 Å². The topological polar surface area (TPSA) is 172 Å². The van der Waals surface area contributed by atoms with Crippen LogP contribution in [0.4, 0.5) is 0 Å². The van der Waals surface area contributed by atoms with Crippen LogP contribution in [-0.4, -0.2) is 73.0 Å². The molecular weight excluding hydrogens is 331 g/mol. The van der Waals surface area contributed by atoms with Crippen LogP contribution in [0.15, 0.2) is 0 Å². The van der Waals surface area contributed by atoms with Crippen molar-refractivity contribution in [2.24, 2.45) is 0 Å². The van der Waals surface area contributed by atoms with Crippen LogP contribution < -0.4 is 66.7 Å². The van der Waals surface area contributed by atoms with Crippen molar-refractivity contribution in [1.82, 2.24) is 0 Å². The molecule has 0 amide bonds. The van der Waals surface area contributed by atoms with Gasteiger partial charge in [0.2, 0.25) is 0 Å². The van der Waals surface area contributed by atoms with E-state index in [4.69, 9.17) is 0 Å². The van der Waals surface area contributed by atoms with E-state index < -0.39 is 35.3 Å². The maximum absolute atomic E-state index is 9.48. The molecule has 11 heteroatoms. The number of carboxylic acid groups (broad SMARTS) is 3. The molecule has 0 aromatic heterocycles. The summed E-state index contributed by atoms with van der Waals surface area (Å²) >= 11 is 0. The summed E-state index contributed by atoms with van der Waals surface area (Å²) in [6.45, 7) is 2.82. The minimum absolute atomic E-state index is 0. The van der Waals surface area contributed by atoms with Gasteiger partial charge >= 0.3 is 89.1 Å². The van der Waals surface area contributed by atoms with Crippen molar-refractivity contribution in [3.63, 3.8) is 0 Å². The quantitative estimate of drug-likeness (QED) is 0.357. The molecule has 0 radical (unpaired) electrons. The van der Waals surface area contributed by atoms with E-state index in [1.165, 1.54) is 0 Å². The van der Waals surface area contributed by atoms with E-state index in [-0.39, 0.29) is 89.1 Å². The van der Waals surface area contributed by atoms with Crippen LogP contribution in [-0.2, 0) is 28.8 Å². The molecule has 0 N–H and O–H groups in total. The molecule has 0 aliphatic heterocycles. The van der Waals surface area contributed by atoms with Crippen molar-refractivity contribution in [2.45, 2.75) is 20.8 Å². The summed E-state index contributed by atoms with van der Waals surface area (Å²) in [4.78, 5) is 56.2. The zero-order chi connectivity index (χ0) is 15.5. The summed E-state index contributed by atoms with van der Waals surface area (Å²) in [6.07, 6.45) is 0. The van der Waals surface area contributed by atoms with Gasteiger partial charge in [0.25, 0.3) is 0 Å². The first kappa shape index (κ1) is 32.3. The van der Waals surface area contributed by atoms with Crippen molar-refractivity contribution in [3.05, 3.63) is 0 Å². The van der Waals surface area contributed by atoms with Gasteiger partial charge in [0.05, 0.1) is 0 Å². The Bertz CT molecular complexity index is 285. The van der Waals surface area contributed by atoms with Gasteiger partial charge in [0, 0.05) is 20.8 Å². The summed E-state index contributed by atoms with van der Waals surface area (Å²) in [5.74, 6) is -7.69. The second-order valence-corrected chi connectivity index (χ2v) is 2.53. The van der Waals surface area contributed by atoms with Gasteiger partial charge in [0.1, 0.15) is 17.9 Å². The summed E-state index contributed by atoms with van der Waals surface area (Å²) < 4.78 is 0. The molecule has 0 spiro atoms. The third kappa shape index (κ3) is 36.2. The number of rotatable bonds is 3. The van der Waals surface area contributed by atoms with Gasteiger partial charge in [0.15, 0.2) is 17.3 Å². The first-order valence-corrected chi connectivity index (χ1v) is 4.09. The second kappa shape index (κ2) is 19.3. The maximum Gasteiger partial charge on any atom is 2.00 e. The number of carbonyl (C=O) groups excluding carboxylic acids is 6. The zero-order valence-electron chi connectivity index (χ0n) is 11.4. The van der Waals surface area contributed by atoms with Gasteiger partial charge in [-0.3, -0.25) is 14.4 Å². The van der Waals surface area contributed by atoms with Crippen LogP contribution in [0.5, 0.6) is 0 Å². The molecular formula is C9H9CaKO9.